The first-order valence-electron chi connectivity index (χ1n) is 7.12. The van der Waals surface area contributed by atoms with E-state index in [1.54, 1.807) is 18.6 Å². The molecule has 1 N–H and O–H groups in total. The highest BCUT2D eigenvalue weighted by molar-refractivity contribution is 5.93. The van der Waals surface area contributed by atoms with Gasteiger partial charge in [0.2, 0.25) is 0 Å². The first kappa shape index (κ1) is 15.0. The van der Waals surface area contributed by atoms with Gasteiger partial charge in [-0.1, -0.05) is 6.07 Å². The Balaban J connectivity index is 2.04. The van der Waals surface area contributed by atoms with E-state index in [-0.39, 0.29) is 5.91 Å². The zero-order chi connectivity index (χ0) is 15.1. The number of anilines is 1. The van der Waals surface area contributed by atoms with Crippen molar-refractivity contribution in [3.8, 4) is 0 Å². The van der Waals surface area contributed by atoms with Crippen molar-refractivity contribution in [2.75, 3.05) is 18.0 Å². The topological polar surface area (TPSA) is 58.1 Å². The first-order chi connectivity index (χ1) is 10.2. The van der Waals surface area contributed by atoms with Gasteiger partial charge < -0.3 is 10.2 Å². The summed E-state index contributed by atoms with van der Waals surface area (Å²) < 4.78 is 0. The van der Waals surface area contributed by atoms with Crippen molar-refractivity contribution in [2.45, 2.75) is 20.4 Å². The molecule has 5 nitrogen and oxygen atoms in total. The Morgan fingerprint density at radius 2 is 2.05 bits per heavy atom. The van der Waals surface area contributed by atoms with E-state index in [9.17, 15) is 4.79 Å². The van der Waals surface area contributed by atoms with E-state index in [1.807, 2.05) is 24.3 Å². The number of pyridine rings is 2. The maximum Gasteiger partial charge on any atom is 0.270 e. The van der Waals surface area contributed by atoms with Crippen LogP contribution in [0.25, 0.3) is 0 Å². The molecule has 21 heavy (non-hydrogen) atoms. The van der Waals surface area contributed by atoms with Gasteiger partial charge in [0.15, 0.2) is 0 Å². The summed E-state index contributed by atoms with van der Waals surface area (Å²) in [5, 5.41) is 2.86. The van der Waals surface area contributed by atoms with Gasteiger partial charge in [0.05, 0.1) is 0 Å². The number of amides is 1. The number of nitrogens with one attached hydrogen (secondary N) is 1. The van der Waals surface area contributed by atoms with Crippen LogP contribution in [0.15, 0.2) is 42.9 Å². The second-order valence-corrected chi connectivity index (χ2v) is 4.62. The molecule has 2 aromatic heterocycles. The van der Waals surface area contributed by atoms with Crippen molar-refractivity contribution in [1.29, 1.82) is 0 Å². The van der Waals surface area contributed by atoms with Gasteiger partial charge in [-0.3, -0.25) is 14.8 Å². The van der Waals surface area contributed by atoms with Crippen LogP contribution in [0, 0.1) is 0 Å². The highest BCUT2D eigenvalue weighted by Gasteiger charge is 2.10. The fraction of sp³-hybridized carbons (Fsp3) is 0.312. The van der Waals surface area contributed by atoms with Crippen LogP contribution in [-0.4, -0.2) is 29.0 Å². The lowest BCUT2D eigenvalue weighted by Crippen LogP contribution is -2.25. The average molecular weight is 284 g/mol. The van der Waals surface area contributed by atoms with Crippen LogP contribution in [0.4, 0.5) is 5.69 Å². The predicted molar refractivity (Wildman–Crippen MR) is 83.2 cm³/mol. The highest BCUT2D eigenvalue weighted by atomic mass is 16.1. The van der Waals surface area contributed by atoms with Crippen molar-refractivity contribution in [2.24, 2.45) is 0 Å². The fourth-order valence-corrected chi connectivity index (χ4v) is 2.10. The molecule has 0 spiro atoms. The number of rotatable bonds is 6. The summed E-state index contributed by atoms with van der Waals surface area (Å²) in [5.41, 5.74) is 2.41. The van der Waals surface area contributed by atoms with E-state index in [4.69, 9.17) is 0 Å². The van der Waals surface area contributed by atoms with Gasteiger partial charge in [0, 0.05) is 43.9 Å². The first-order valence-corrected chi connectivity index (χ1v) is 7.12. The molecule has 2 heterocycles. The molecule has 0 saturated carbocycles. The third-order valence-corrected chi connectivity index (χ3v) is 3.28. The Kier molecular flexibility index (Phi) is 5.26. The number of carbonyl (C=O) groups excluding carboxylic acids is 1. The molecular formula is C16H20N4O. The monoisotopic (exact) mass is 284 g/mol. The zero-order valence-corrected chi connectivity index (χ0v) is 12.4. The molecule has 0 unspecified atom stereocenters. The maximum absolute atomic E-state index is 12.2. The molecule has 0 aliphatic rings. The van der Waals surface area contributed by atoms with E-state index >= 15 is 0 Å². The minimum atomic E-state index is -0.173. The van der Waals surface area contributed by atoms with Gasteiger partial charge in [0.1, 0.15) is 5.69 Å². The normalized spacial score (nSPS) is 10.2. The standard InChI is InChI=1S/C16H20N4O/c1-3-20(4-2)14-7-9-18-15(10-14)16(21)19-12-13-6-5-8-17-11-13/h5-11H,3-4,12H2,1-2H3,(H,19,21). The summed E-state index contributed by atoms with van der Waals surface area (Å²) in [6.07, 6.45) is 5.12. The largest absolute Gasteiger partial charge is 0.372 e. The number of hydrogen-bond acceptors (Lipinski definition) is 4. The Hall–Kier alpha value is -2.43. The Bertz CT molecular complexity index is 582. The molecule has 0 aliphatic heterocycles. The van der Waals surface area contributed by atoms with Crippen molar-refractivity contribution in [1.82, 2.24) is 15.3 Å². The van der Waals surface area contributed by atoms with Crippen molar-refractivity contribution >= 4 is 11.6 Å². The van der Waals surface area contributed by atoms with Crippen molar-refractivity contribution in [3.05, 3.63) is 54.1 Å². The molecule has 0 bridgehead atoms. The van der Waals surface area contributed by atoms with E-state index < -0.39 is 0 Å². The van der Waals surface area contributed by atoms with Crippen LogP contribution in [0.1, 0.15) is 29.9 Å². The number of nitrogens with zero attached hydrogens (tertiary/aromatic N) is 3. The Labute approximate surface area is 125 Å². The number of hydrogen-bond donors (Lipinski definition) is 1. The summed E-state index contributed by atoms with van der Waals surface area (Å²) >= 11 is 0. The smallest absolute Gasteiger partial charge is 0.270 e. The van der Waals surface area contributed by atoms with Gasteiger partial charge in [-0.05, 0) is 37.6 Å². The van der Waals surface area contributed by atoms with Gasteiger partial charge in [0.25, 0.3) is 5.91 Å². The minimum absolute atomic E-state index is 0.173. The lowest BCUT2D eigenvalue weighted by Gasteiger charge is -2.21. The lowest BCUT2D eigenvalue weighted by atomic mass is 10.2. The molecule has 2 rings (SSSR count). The third-order valence-electron chi connectivity index (χ3n) is 3.28. The van der Waals surface area contributed by atoms with Crippen LogP contribution in [0.3, 0.4) is 0 Å². The van der Waals surface area contributed by atoms with Gasteiger partial charge in [-0.2, -0.15) is 0 Å². The molecule has 0 atom stereocenters. The SMILES string of the molecule is CCN(CC)c1ccnc(C(=O)NCc2cccnc2)c1. The molecule has 0 aliphatic carbocycles. The van der Waals surface area contributed by atoms with E-state index in [1.165, 1.54) is 0 Å². The summed E-state index contributed by atoms with van der Waals surface area (Å²) in [6, 6.07) is 7.52. The minimum Gasteiger partial charge on any atom is -0.372 e. The second-order valence-electron chi connectivity index (χ2n) is 4.62. The van der Waals surface area contributed by atoms with E-state index in [0.717, 1.165) is 24.3 Å². The predicted octanol–water partition coefficient (Wildman–Crippen LogP) is 2.25. The van der Waals surface area contributed by atoms with Crippen LogP contribution in [0.5, 0.6) is 0 Å². The van der Waals surface area contributed by atoms with Gasteiger partial charge in [-0.15, -0.1) is 0 Å². The molecule has 2 aromatic rings. The van der Waals surface area contributed by atoms with Crippen molar-refractivity contribution in [3.63, 3.8) is 0 Å². The van der Waals surface area contributed by atoms with E-state index in [0.29, 0.717) is 12.2 Å². The number of aromatic nitrogens is 2. The van der Waals surface area contributed by atoms with Crippen LogP contribution < -0.4 is 10.2 Å². The lowest BCUT2D eigenvalue weighted by molar-refractivity contribution is 0.0946. The second kappa shape index (κ2) is 7.38. The van der Waals surface area contributed by atoms with Gasteiger partial charge in [-0.25, -0.2) is 0 Å². The molecule has 0 fully saturated rings. The van der Waals surface area contributed by atoms with E-state index in [2.05, 4.69) is 34.0 Å². The Morgan fingerprint density at radius 1 is 1.24 bits per heavy atom. The molecule has 0 saturated heterocycles. The molecule has 0 radical (unpaired) electrons. The molecule has 0 aromatic carbocycles. The quantitative estimate of drug-likeness (QED) is 0.884. The third kappa shape index (κ3) is 4.02. The number of carbonyl (C=O) groups is 1. The fourth-order valence-electron chi connectivity index (χ4n) is 2.10. The molecular weight excluding hydrogens is 264 g/mol. The Morgan fingerprint density at radius 3 is 2.71 bits per heavy atom. The van der Waals surface area contributed by atoms with Crippen LogP contribution >= 0.6 is 0 Å². The summed E-state index contributed by atoms with van der Waals surface area (Å²) in [6.45, 7) is 6.43. The molecule has 5 heteroatoms. The summed E-state index contributed by atoms with van der Waals surface area (Å²) in [4.78, 5) is 22.5. The molecule has 110 valence electrons. The summed E-state index contributed by atoms with van der Waals surface area (Å²) in [7, 11) is 0. The van der Waals surface area contributed by atoms with Gasteiger partial charge >= 0.3 is 0 Å². The zero-order valence-electron chi connectivity index (χ0n) is 12.4. The molecule has 1 amide bonds. The van der Waals surface area contributed by atoms with Crippen molar-refractivity contribution < 1.29 is 4.79 Å². The summed E-state index contributed by atoms with van der Waals surface area (Å²) in [5.74, 6) is -0.173. The maximum atomic E-state index is 12.2. The van der Waals surface area contributed by atoms with Crippen LogP contribution in [-0.2, 0) is 6.54 Å². The average Bonchev–Trinajstić information content (AvgIpc) is 2.55. The van der Waals surface area contributed by atoms with Crippen LogP contribution in [0.2, 0.25) is 0 Å². The highest BCUT2D eigenvalue weighted by Crippen LogP contribution is 2.14.